The number of anilines is 1. The third kappa shape index (κ3) is 2.97. The fourth-order valence-electron chi connectivity index (χ4n) is 3.59. The molecule has 21 heavy (non-hydrogen) atoms. The number of hydrogen-bond donors (Lipinski definition) is 1. The molecule has 0 bridgehead atoms. The first-order valence-electron chi connectivity index (χ1n) is 7.84. The lowest BCUT2D eigenvalue weighted by molar-refractivity contribution is 0.102. The summed E-state index contributed by atoms with van der Waals surface area (Å²) in [5.74, 6) is 2.42. The fraction of sp³-hybridized carbons (Fsp3) is 0.500. The lowest BCUT2D eigenvalue weighted by atomic mass is 9.82. The van der Waals surface area contributed by atoms with Gasteiger partial charge in [-0.15, -0.1) is 0 Å². The van der Waals surface area contributed by atoms with Crippen LogP contribution in [0, 0.1) is 18.8 Å². The van der Waals surface area contributed by atoms with Gasteiger partial charge in [-0.3, -0.25) is 4.98 Å². The van der Waals surface area contributed by atoms with Crippen LogP contribution < -0.4 is 10.5 Å². The van der Waals surface area contributed by atoms with Gasteiger partial charge in [0, 0.05) is 28.4 Å². The van der Waals surface area contributed by atoms with E-state index in [1.807, 2.05) is 25.3 Å². The quantitative estimate of drug-likeness (QED) is 0.835. The predicted octanol–water partition coefficient (Wildman–Crippen LogP) is 4.33. The lowest BCUT2D eigenvalue weighted by Crippen LogP contribution is -2.28. The molecule has 2 N–H and O–H groups in total. The molecule has 0 saturated heterocycles. The van der Waals surface area contributed by atoms with Crippen LogP contribution in [0.15, 0.2) is 24.4 Å². The number of nitrogen functional groups attached to an aromatic ring is 1. The number of hydrogen-bond acceptors (Lipinski definition) is 3. The maximum absolute atomic E-state index is 6.34. The van der Waals surface area contributed by atoms with Gasteiger partial charge in [-0.25, -0.2) is 0 Å². The summed E-state index contributed by atoms with van der Waals surface area (Å²) in [6, 6.07) is 5.99. The Morgan fingerprint density at radius 2 is 1.81 bits per heavy atom. The number of aromatic nitrogens is 1. The van der Waals surface area contributed by atoms with Crippen molar-refractivity contribution >= 4 is 16.5 Å². The second-order valence-corrected chi connectivity index (χ2v) is 6.68. The molecule has 1 aliphatic rings. The third-order valence-corrected chi connectivity index (χ3v) is 4.46. The minimum Gasteiger partial charge on any atom is -0.490 e. The highest BCUT2D eigenvalue weighted by molar-refractivity contribution is 5.96. The van der Waals surface area contributed by atoms with E-state index in [4.69, 9.17) is 10.5 Å². The Labute approximate surface area is 126 Å². The molecular formula is C18H24N2O. The van der Waals surface area contributed by atoms with Crippen LogP contribution in [0.2, 0.25) is 0 Å². The molecule has 3 rings (SSSR count). The zero-order valence-corrected chi connectivity index (χ0v) is 13.1. The van der Waals surface area contributed by atoms with Gasteiger partial charge in [-0.1, -0.05) is 13.8 Å². The summed E-state index contributed by atoms with van der Waals surface area (Å²) in [5, 5.41) is 2.06. The van der Waals surface area contributed by atoms with Crippen LogP contribution in [0.1, 0.15) is 38.8 Å². The average Bonchev–Trinajstić information content (AvgIpc) is 2.41. The van der Waals surface area contributed by atoms with Crippen molar-refractivity contribution < 1.29 is 4.74 Å². The first kappa shape index (κ1) is 14.2. The van der Waals surface area contributed by atoms with Crippen molar-refractivity contribution in [2.75, 3.05) is 5.73 Å². The van der Waals surface area contributed by atoms with E-state index >= 15 is 0 Å². The lowest BCUT2D eigenvalue weighted by Gasteiger charge is -2.32. The predicted molar refractivity (Wildman–Crippen MR) is 87.5 cm³/mol. The summed E-state index contributed by atoms with van der Waals surface area (Å²) in [7, 11) is 0. The molecule has 2 atom stereocenters. The van der Waals surface area contributed by atoms with Crippen LogP contribution >= 0.6 is 0 Å². The highest BCUT2D eigenvalue weighted by Crippen LogP contribution is 2.35. The monoisotopic (exact) mass is 284 g/mol. The molecule has 1 saturated carbocycles. The number of nitrogens with zero attached hydrogens (tertiary/aromatic N) is 1. The maximum atomic E-state index is 6.34. The molecule has 2 aromatic rings. The second kappa shape index (κ2) is 5.55. The molecule has 3 nitrogen and oxygen atoms in total. The van der Waals surface area contributed by atoms with Gasteiger partial charge in [-0.05, 0) is 56.2 Å². The van der Waals surface area contributed by atoms with Crippen molar-refractivity contribution in [2.24, 2.45) is 11.8 Å². The Morgan fingerprint density at radius 3 is 2.52 bits per heavy atom. The molecule has 2 unspecified atom stereocenters. The van der Waals surface area contributed by atoms with E-state index in [1.165, 1.54) is 6.42 Å². The molecular weight excluding hydrogens is 260 g/mol. The normalized spacial score (nSPS) is 26.0. The SMILES string of the molecule is Cc1cc2c(OC3CC(C)CC(C)C3)ccc(N)c2cn1. The minimum absolute atomic E-state index is 0.309. The summed E-state index contributed by atoms with van der Waals surface area (Å²) >= 11 is 0. The number of aryl methyl sites for hydroxylation is 1. The van der Waals surface area contributed by atoms with Crippen molar-refractivity contribution in [3.63, 3.8) is 0 Å². The van der Waals surface area contributed by atoms with E-state index in [2.05, 4.69) is 24.9 Å². The summed E-state index contributed by atoms with van der Waals surface area (Å²) < 4.78 is 6.34. The number of rotatable bonds is 2. The Hall–Kier alpha value is -1.77. The summed E-state index contributed by atoms with van der Waals surface area (Å²) in [6.45, 7) is 6.64. The van der Waals surface area contributed by atoms with E-state index in [9.17, 15) is 0 Å². The maximum Gasteiger partial charge on any atom is 0.127 e. The standard InChI is InChI=1S/C18H24N2O/c1-11-6-12(2)8-14(7-11)21-18-5-4-17(19)16-10-20-13(3)9-15(16)18/h4-5,9-12,14H,6-8,19H2,1-3H3. The van der Waals surface area contributed by atoms with Crippen molar-refractivity contribution in [1.29, 1.82) is 0 Å². The first-order valence-corrected chi connectivity index (χ1v) is 7.84. The van der Waals surface area contributed by atoms with Crippen molar-refractivity contribution in [3.8, 4) is 5.75 Å². The number of benzene rings is 1. The van der Waals surface area contributed by atoms with Gasteiger partial charge in [0.05, 0.1) is 6.10 Å². The highest BCUT2D eigenvalue weighted by atomic mass is 16.5. The zero-order valence-electron chi connectivity index (χ0n) is 13.1. The molecule has 1 aromatic carbocycles. The molecule has 1 aromatic heterocycles. The van der Waals surface area contributed by atoms with E-state index in [1.54, 1.807) is 0 Å². The van der Waals surface area contributed by atoms with Crippen molar-refractivity contribution in [2.45, 2.75) is 46.1 Å². The summed E-state index contributed by atoms with van der Waals surface area (Å²) in [6.07, 6.45) is 5.74. The van der Waals surface area contributed by atoms with E-state index in [0.29, 0.717) is 6.10 Å². The van der Waals surface area contributed by atoms with Gasteiger partial charge in [0.2, 0.25) is 0 Å². The topological polar surface area (TPSA) is 48.1 Å². The van der Waals surface area contributed by atoms with Gasteiger partial charge in [0.25, 0.3) is 0 Å². The van der Waals surface area contributed by atoms with E-state index < -0.39 is 0 Å². The number of ether oxygens (including phenoxy) is 1. The van der Waals surface area contributed by atoms with Crippen LogP contribution in [-0.2, 0) is 0 Å². The average molecular weight is 284 g/mol. The van der Waals surface area contributed by atoms with Crippen LogP contribution in [0.25, 0.3) is 10.8 Å². The Morgan fingerprint density at radius 1 is 1.10 bits per heavy atom. The molecule has 0 aliphatic heterocycles. The molecule has 1 heterocycles. The highest BCUT2D eigenvalue weighted by Gasteiger charge is 2.25. The molecule has 3 heteroatoms. The van der Waals surface area contributed by atoms with Gasteiger partial charge in [-0.2, -0.15) is 0 Å². The molecule has 112 valence electrons. The van der Waals surface area contributed by atoms with Crippen molar-refractivity contribution in [3.05, 3.63) is 30.1 Å². The number of pyridine rings is 1. The van der Waals surface area contributed by atoms with Gasteiger partial charge < -0.3 is 10.5 Å². The Kier molecular flexibility index (Phi) is 3.75. The van der Waals surface area contributed by atoms with Crippen molar-refractivity contribution in [1.82, 2.24) is 4.98 Å². The number of fused-ring (bicyclic) bond motifs is 1. The fourth-order valence-corrected chi connectivity index (χ4v) is 3.59. The Balaban J connectivity index is 1.93. The largest absolute Gasteiger partial charge is 0.490 e. The second-order valence-electron chi connectivity index (χ2n) is 6.68. The smallest absolute Gasteiger partial charge is 0.127 e. The minimum atomic E-state index is 0.309. The number of nitrogens with two attached hydrogens (primary N) is 1. The molecule has 0 amide bonds. The summed E-state index contributed by atoms with van der Waals surface area (Å²) in [4.78, 5) is 4.34. The van der Waals surface area contributed by atoms with Gasteiger partial charge in [0.1, 0.15) is 5.75 Å². The molecule has 1 fully saturated rings. The van der Waals surface area contributed by atoms with Crippen LogP contribution in [0.3, 0.4) is 0 Å². The first-order chi connectivity index (χ1) is 10.0. The van der Waals surface area contributed by atoms with E-state index in [-0.39, 0.29) is 0 Å². The van der Waals surface area contributed by atoms with Crippen LogP contribution in [0.4, 0.5) is 5.69 Å². The summed E-state index contributed by atoms with van der Waals surface area (Å²) in [5.41, 5.74) is 7.81. The van der Waals surface area contributed by atoms with Gasteiger partial charge >= 0.3 is 0 Å². The Bertz CT molecular complexity index is 643. The third-order valence-electron chi connectivity index (χ3n) is 4.46. The van der Waals surface area contributed by atoms with Crippen LogP contribution in [0.5, 0.6) is 5.75 Å². The van der Waals surface area contributed by atoms with E-state index in [0.717, 1.165) is 52.6 Å². The molecule has 0 spiro atoms. The molecule has 0 radical (unpaired) electrons. The zero-order chi connectivity index (χ0) is 15.0. The van der Waals surface area contributed by atoms with Crippen LogP contribution in [-0.4, -0.2) is 11.1 Å². The molecule has 1 aliphatic carbocycles. The van der Waals surface area contributed by atoms with Gasteiger partial charge in [0.15, 0.2) is 0 Å².